The van der Waals surface area contributed by atoms with Gasteiger partial charge in [0.1, 0.15) is 5.75 Å². The number of hydrogen-bond acceptors (Lipinski definition) is 5. The van der Waals surface area contributed by atoms with Gasteiger partial charge >= 0.3 is 0 Å². The van der Waals surface area contributed by atoms with Crippen LogP contribution in [0.2, 0.25) is 5.02 Å². The Morgan fingerprint density at radius 1 is 1.12 bits per heavy atom. The Hall–Kier alpha value is -2.73. The summed E-state index contributed by atoms with van der Waals surface area (Å²) >= 11 is 5.81. The summed E-state index contributed by atoms with van der Waals surface area (Å²) in [5.41, 5.74) is 3.19. The Morgan fingerprint density at radius 2 is 1.80 bits per heavy atom. The van der Waals surface area contributed by atoms with E-state index in [1.54, 1.807) is 63.6 Å². The molecule has 1 amide bonds. The monoisotopic (exact) mass is 362 g/mol. The van der Waals surface area contributed by atoms with Crippen LogP contribution in [0.3, 0.4) is 0 Å². The van der Waals surface area contributed by atoms with Gasteiger partial charge in [-0.25, -0.2) is 5.43 Å². The van der Waals surface area contributed by atoms with E-state index in [4.69, 9.17) is 25.8 Å². The van der Waals surface area contributed by atoms with E-state index in [0.29, 0.717) is 22.3 Å². The van der Waals surface area contributed by atoms with E-state index in [0.717, 1.165) is 5.56 Å². The molecule has 132 valence electrons. The summed E-state index contributed by atoms with van der Waals surface area (Å²) < 4.78 is 15.9. The highest BCUT2D eigenvalue weighted by atomic mass is 35.5. The minimum atomic E-state index is -0.705. The van der Waals surface area contributed by atoms with Crippen molar-refractivity contribution in [2.24, 2.45) is 5.10 Å². The highest BCUT2D eigenvalue weighted by Gasteiger charge is 2.13. The molecular formula is C18H19ClN2O4. The normalized spacial score (nSPS) is 11.8. The fourth-order valence-corrected chi connectivity index (χ4v) is 2.09. The number of rotatable bonds is 7. The molecule has 25 heavy (non-hydrogen) atoms. The zero-order chi connectivity index (χ0) is 18.2. The van der Waals surface area contributed by atoms with Crippen LogP contribution in [-0.2, 0) is 4.79 Å². The third-order valence-corrected chi connectivity index (χ3v) is 3.54. The number of hydrazone groups is 1. The summed E-state index contributed by atoms with van der Waals surface area (Å²) in [6.45, 7) is 1.63. The summed E-state index contributed by atoms with van der Waals surface area (Å²) in [6.07, 6.45) is 0.804. The lowest BCUT2D eigenvalue weighted by Crippen LogP contribution is -2.33. The van der Waals surface area contributed by atoms with Crippen LogP contribution in [-0.4, -0.2) is 32.4 Å². The first kappa shape index (κ1) is 18.6. The Kier molecular flexibility index (Phi) is 6.65. The van der Waals surface area contributed by atoms with E-state index in [9.17, 15) is 4.79 Å². The lowest BCUT2D eigenvalue weighted by Gasteiger charge is -2.12. The average molecular weight is 363 g/mol. The molecule has 2 aromatic carbocycles. The van der Waals surface area contributed by atoms with Gasteiger partial charge in [-0.2, -0.15) is 5.10 Å². The number of hydrogen-bond donors (Lipinski definition) is 1. The van der Waals surface area contributed by atoms with Crippen LogP contribution < -0.4 is 19.6 Å². The van der Waals surface area contributed by atoms with Crippen LogP contribution in [0.25, 0.3) is 0 Å². The molecule has 0 aliphatic carbocycles. The van der Waals surface area contributed by atoms with Crippen molar-refractivity contribution in [2.45, 2.75) is 13.0 Å². The van der Waals surface area contributed by atoms with Gasteiger partial charge in [-0.05, 0) is 55.0 Å². The van der Waals surface area contributed by atoms with Gasteiger partial charge in [0, 0.05) is 5.02 Å². The van der Waals surface area contributed by atoms with Crippen molar-refractivity contribution in [2.75, 3.05) is 14.2 Å². The molecule has 1 N–H and O–H groups in total. The van der Waals surface area contributed by atoms with Gasteiger partial charge in [-0.3, -0.25) is 4.79 Å². The molecule has 0 aliphatic rings. The minimum Gasteiger partial charge on any atom is -0.493 e. The average Bonchev–Trinajstić information content (AvgIpc) is 2.63. The van der Waals surface area contributed by atoms with Gasteiger partial charge in [0.25, 0.3) is 5.91 Å². The lowest BCUT2D eigenvalue weighted by molar-refractivity contribution is -0.127. The zero-order valence-corrected chi connectivity index (χ0v) is 14.9. The first-order valence-electron chi connectivity index (χ1n) is 7.50. The number of carbonyl (C=O) groups excluding carboxylic acids is 1. The van der Waals surface area contributed by atoms with Gasteiger partial charge < -0.3 is 14.2 Å². The first-order valence-corrected chi connectivity index (χ1v) is 7.88. The van der Waals surface area contributed by atoms with Crippen molar-refractivity contribution in [1.29, 1.82) is 0 Å². The number of ether oxygens (including phenoxy) is 3. The summed E-state index contributed by atoms with van der Waals surface area (Å²) in [6, 6.07) is 12.1. The number of nitrogens with zero attached hydrogens (tertiary/aromatic N) is 1. The third kappa shape index (κ3) is 5.39. The highest BCUT2D eigenvalue weighted by Crippen LogP contribution is 2.26. The summed E-state index contributed by atoms with van der Waals surface area (Å²) in [4.78, 5) is 12.0. The van der Waals surface area contributed by atoms with E-state index < -0.39 is 6.10 Å². The van der Waals surface area contributed by atoms with Crippen LogP contribution in [0, 0.1) is 0 Å². The van der Waals surface area contributed by atoms with E-state index in [-0.39, 0.29) is 5.91 Å². The zero-order valence-electron chi connectivity index (χ0n) is 14.2. The largest absolute Gasteiger partial charge is 0.493 e. The number of nitrogens with one attached hydrogen (secondary N) is 1. The molecule has 0 saturated carbocycles. The van der Waals surface area contributed by atoms with E-state index in [2.05, 4.69) is 10.5 Å². The van der Waals surface area contributed by atoms with Crippen molar-refractivity contribution in [3.05, 3.63) is 53.1 Å². The van der Waals surface area contributed by atoms with Gasteiger partial charge in [-0.15, -0.1) is 0 Å². The number of amides is 1. The topological polar surface area (TPSA) is 69.2 Å². The van der Waals surface area contributed by atoms with Gasteiger partial charge in [-0.1, -0.05) is 11.6 Å². The van der Waals surface area contributed by atoms with Gasteiger partial charge in [0.2, 0.25) is 0 Å². The van der Waals surface area contributed by atoms with Crippen molar-refractivity contribution >= 4 is 23.7 Å². The summed E-state index contributed by atoms with van der Waals surface area (Å²) in [5.74, 6) is 1.38. The molecule has 1 atom stereocenters. The quantitative estimate of drug-likeness (QED) is 0.606. The SMILES string of the molecule is COc1ccc(C=NNC(=O)C(C)Oc2ccc(Cl)cc2)cc1OC. The first-order chi connectivity index (χ1) is 12.0. The van der Waals surface area contributed by atoms with Crippen LogP contribution in [0.15, 0.2) is 47.6 Å². The number of benzene rings is 2. The second-order valence-corrected chi connectivity index (χ2v) is 5.50. The fraction of sp³-hybridized carbons (Fsp3) is 0.222. The number of carbonyl (C=O) groups is 1. The van der Waals surface area contributed by atoms with Crippen molar-refractivity contribution in [3.63, 3.8) is 0 Å². The molecule has 2 aromatic rings. The maximum Gasteiger partial charge on any atom is 0.280 e. The third-order valence-electron chi connectivity index (χ3n) is 3.29. The molecule has 0 bridgehead atoms. The smallest absolute Gasteiger partial charge is 0.280 e. The second-order valence-electron chi connectivity index (χ2n) is 5.06. The Morgan fingerprint density at radius 3 is 2.44 bits per heavy atom. The van der Waals surface area contributed by atoms with Crippen molar-refractivity contribution in [3.8, 4) is 17.2 Å². The van der Waals surface area contributed by atoms with E-state index in [1.807, 2.05) is 0 Å². The predicted octanol–water partition coefficient (Wildman–Crippen LogP) is 3.27. The van der Waals surface area contributed by atoms with E-state index >= 15 is 0 Å². The number of methoxy groups -OCH3 is 2. The fourth-order valence-electron chi connectivity index (χ4n) is 1.97. The molecule has 2 rings (SSSR count). The molecule has 0 heterocycles. The molecule has 0 aromatic heterocycles. The lowest BCUT2D eigenvalue weighted by atomic mass is 10.2. The molecule has 0 spiro atoms. The maximum absolute atomic E-state index is 12.0. The predicted molar refractivity (Wildman–Crippen MR) is 96.8 cm³/mol. The Balaban J connectivity index is 1.92. The van der Waals surface area contributed by atoms with Crippen LogP contribution in [0.4, 0.5) is 0 Å². The summed E-state index contributed by atoms with van der Waals surface area (Å²) in [5, 5.41) is 4.53. The van der Waals surface area contributed by atoms with Gasteiger partial charge in [0.05, 0.1) is 20.4 Å². The molecule has 0 aliphatic heterocycles. The second kappa shape index (κ2) is 8.94. The van der Waals surface area contributed by atoms with E-state index in [1.165, 1.54) is 6.21 Å². The molecule has 0 fully saturated rings. The molecule has 1 unspecified atom stereocenters. The number of halogens is 1. The molecule has 6 nitrogen and oxygen atoms in total. The summed E-state index contributed by atoms with van der Waals surface area (Å²) in [7, 11) is 3.12. The Labute approximate surface area is 151 Å². The standard InChI is InChI=1S/C18H19ClN2O4/c1-12(25-15-7-5-14(19)6-8-15)18(22)21-20-11-13-4-9-16(23-2)17(10-13)24-3/h4-12H,1-3H3,(H,21,22). The molecule has 7 heteroatoms. The van der Waals surface area contributed by atoms with Crippen molar-refractivity contribution < 1.29 is 19.0 Å². The van der Waals surface area contributed by atoms with Crippen LogP contribution >= 0.6 is 11.6 Å². The molecule has 0 radical (unpaired) electrons. The van der Waals surface area contributed by atoms with Gasteiger partial charge in [0.15, 0.2) is 17.6 Å². The maximum atomic E-state index is 12.0. The molecular weight excluding hydrogens is 344 g/mol. The highest BCUT2D eigenvalue weighted by molar-refractivity contribution is 6.30. The van der Waals surface area contributed by atoms with Crippen molar-refractivity contribution in [1.82, 2.24) is 5.43 Å². The minimum absolute atomic E-state index is 0.369. The molecule has 0 saturated heterocycles. The Bertz CT molecular complexity index is 747. The van der Waals surface area contributed by atoms with Crippen LogP contribution in [0.1, 0.15) is 12.5 Å². The van der Waals surface area contributed by atoms with Crippen LogP contribution in [0.5, 0.6) is 17.2 Å².